The fourth-order valence-electron chi connectivity index (χ4n) is 8.87. The number of para-hydroxylation sites is 1. The highest BCUT2D eigenvalue weighted by molar-refractivity contribution is 6.24. The maximum Gasteiger partial charge on any atom is 0.227 e. The molecule has 6 nitrogen and oxygen atoms in total. The van der Waals surface area contributed by atoms with Crippen molar-refractivity contribution in [2.24, 2.45) is 9.98 Å². The molecule has 0 bridgehead atoms. The van der Waals surface area contributed by atoms with Crippen LogP contribution in [0.25, 0.3) is 87.8 Å². The second-order valence-electron chi connectivity index (χ2n) is 14.7. The van der Waals surface area contributed by atoms with Gasteiger partial charge in [0.05, 0.1) is 0 Å². The third kappa shape index (κ3) is 5.02. The number of amidine groups is 2. The number of benzene rings is 8. The standard InChI is InChI=1S/C52H32N4O2/c1-2-13-31(14-3-1)49-54-50(56-51(55-49)42-21-11-25-46-48(42)43-22-12-30-53-52(43)58-46)40-29-28-37(34-17-6-7-18-35(34)40)36-26-27-38(33-16-5-4-15-32(33)36)39-20-10-24-45-47(39)41-19-8-9-23-44(41)57-45/h1-30,49H,(H,54,55,56). The highest BCUT2D eigenvalue weighted by Crippen LogP contribution is 2.43. The van der Waals surface area contributed by atoms with Gasteiger partial charge in [0.25, 0.3) is 0 Å². The first-order valence-electron chi connectivity index (χ1n) is 19.5. The number of hydrogen-bond donors (Lipinski definition) is 1. The van der Waals surface area contributed by atoms with E-state index in [1.54, 1.807) is 6.20 Å². The zero-order valence-corrected chi connectivity index (χ0v) is 31.1. The Balaban J connectivity index is 1.03. The fourth-order valence-corrected chi connectivity index (χ4v) is 8.87. The average molecular weight is 745 g/mol. The van der Waals surface area contributed by atoms with Crippen molar-refractivity contribution in [3.8, 4) is 22.3 Å². The van der Waals surface area contributed by atoms with Crippen LogP contribution in [0, 0.1) is 0 Å². The number of rotatable bonds is 5. The lowest BCUT2D eigenvalue weighted by molar-refractivity contribution is 0.654. The first-order chi connectivity index (χ1) is 28.8. The second-order valence-corrected chi connectivity index (χ2v) is 14.7. The minimum absolute atomic E-state index is 0.359. The molecule has 58 heavy (non-hydrogen) atoms. The van der Waals surface area contributed by atoms with Gasteiger partial charge in [-0.2, -0.15) is 0 Å². The number of pyridine rings is 1. The number of nitrogens with zero attached hydrogens (tertiary/aromatic N) is 3. The first kappa shape index (κ1) is 32.4. The van der Waals surface area contributed by atoms with Gasteiger partial charge in [0.15, 0.2) is 5.84 Å². The molecule has 0 spiro atoms. The van der Waals surface area contributed by atoms with E-state index in [4.69, 9.17) is 18.8 Å². The third-order valence-corrected chi connectivity index (χ3v) is 11.5. The number of aromatic nitrogens is 1. The summed E-state index contributed by atoms with van der Waals surface area (Å²) in [6.45, 7) is 0. The number of nitrogens with one attached hydrogen (secondary N) is 1. The van der Waals surface area contributed by atoms with Crippen LogP contribution < -0.4 is 5.32 Å². The quantitative estimate of drug-likeness (QED) is 0.190. The van der Waals surface area contributed by atoms with Crippen LogP contribution >= 0.6 is 0 Å². The maximum absolute atomic E-state index is 6.30. The van der Waals surface area contributed by atoms with Gasteiger partial charge in [-0.3, -0.25) is 0 Å². The van der Waals surface area contributed by atoms with E-state index in [0.717, 1.165) is 82.7 Å². The van der Waals surface area contributed by atoms with E-state index in [0.29, 0.717) is 11.5 Å². The molecule has 0 saturated heterocycles. The zero-order valence-electron chi connectivity index (χ0n) is 31.1. The lowest BCUT2D eigenvalue weighted by Gasteiger charge is -2.25. The largest absolute Gasteiger partial charge is 0.456 e. The molecule has 1 atom stereocenters. The Morgan fingerprint density at radius 3 is 1.66 bits per heavy atom. The van der Waals surface area contributed by atoms with Crippen LogP contribution in [-0.2, 0) is 0 Å². The predicted molar refractivity (Wildman–Crippen MR) is 237 cm³/mol. The lowest BCUT2D eigenvalue weighted by Crippen LogP contribution is -2.33. The van der Waals surface area contributed by atoms with E-state index in [1.807, 2.05) is 54.6 Å². The van der Waals surface area contributed by atoms with Crippen LogP contribution in [0.2, 0.25) is 0 Å². The van der Waals surface area contributed by atoms with Crippen molar-refractivity contribution in [1.82, 2.24) is 10.3 Å². The molecule has 0 radical (unpaired) electrons. The van der Waals surface area contributed by atoms with Gasteiger partial charge < -0.3 is 14.2 Å². The number of furan rings is 2. The van der Waals surface area contributed by atoms with Crippen LogP contribution in [0.3, 0.4) is 0 Å². The van der Waals surface area contributed by atoms with E-state index in [1.165, 1.54) is 21.9 Å². The maximum atomic E-state index is 6.30. The summed E-state index contributed by atoms with van der Waals surface area (Å²) in [6, 6.07) is 61.3. The molecule has 11 aromatic rings. The van der Waals surface area contributed by atoms with Gasteiger partial charge in [0.1, 0.15) is 28.8 Å². The Labute approximate surface area is 332 Å². The van der Waals surface area contributed by atoms with Crippen molar-refractivity contribution in [3.05, 3.63) is 199 Å². The highest BCUT2D eigenvalue weighted by atomic mass is 16.3. The zero-order chi connectivity index (χ0) is 38.2. The Kier molecular flexibility index (Phi) is 7.19. The summed E-state index contributed by atoms with van der Waals surface area (Å²) in [6.07, 6.45) is 1.39. The molecule has 1 aliphatic heterocycles. The molecule has 0 saturated carbocycles. The van der Waals surface area contributed by atoms with Gasteiger partial charge >= 0.3 is 0 Å². The molecule has 0 aliphatic carbocycles. The van der Waals surface area contributed by atoms with Gasteiger partial charge in [-0.15, -0.1) is 0 Å². The minimum Gasteiger partial charge on any atom is -0.456 e. The van der Waals surface area contributed by atoms with Crippen LogP contribution in [0.15, 0.2) is 201 Å². The summed E-state index contributed by atoms with van der Waals surface area (Å²) in [4.78, 5) is 15.0. The second kappa shape index (κ2) is 12.9. The summed E-state index contributed by atoms with van der Waals surface area (Å²) in [7, 11) is 0. The molecule has 4 heterocycles. The van der Waals surface area contributed by atoms with E-state index in [2.05, 4.69) is 132 Å². The molecule has 1 aliphatic rings. The van der Waals surface area contributed by atoms with Crippen LogP contribution in [0.4, 0.5) is 0 Å². The third-order valence-electron chi connectivity index (χ3n) is 11.5. The van der Waals surface area contributed by atoms with E-state index < -0.39 is 0 Å². The van der Waals surface area contributed by atoms with Crippen molar-refractivity contribution in [1.29, 1.82) is 0 Å². The van der Waals surface area contributed by atoms with Crippen molar-refractivity contribution in [2.45, 2.75) is 6.17 Å². The Bertz CT molecular complexity index is 3500. The Hall–Kier alpha value is -7.83. The molecular formula is C52H32N4O2. The molecule has 0 amide bonds. The van der Waals surface area contributed by atoms with Crippen molar-refractivity contribution >= 4 is 77.2 Å². The number of hydrogen-bond acceptors (Lipinski definition) is 6. The van der Waals surface area contributed by atoms with Gasteiger partial charge in [0, 0.05) is 38.9 Å². The summed E-state index contributed by atoms with van der Waals surface area (Å²) in [5.41, 5.74) is 10.7. The average Bonchev–Trinajstić information content (AvgIpc) is 3.87. The predicted octanol–water partition coefficient (Wildman–Crippen LogP) is 13.0. The molecule has 12 rings (SSSR count). The van der Waals surface area contributed by atoms with Crippen molar-refractivity contribution < 1.29 is 8.83 Å². The SMILES string of the molecule is c1ccc(C2N=C(c3cccc4oc5ncccc5c34)N=C(c3ccc(-c4ccc(-c5cccc6oc7ccccc7c56)c5ccccc45)c4ccccc34)N2)cc1. The lowest BCUT2D eigenvalue weighted by atomic mass is 9.88. The number of aliphatic imine (C=N–C) groups is 2. The molecular weight excluding hydrogens is 713 g/mol. The molecule has 0 fully saturated rings. The Morgan fingerprint density at radius 1 is 0.397 bits per heavy atom. The molecule has 1 unspecified atom stereocenters. The topological polar surface area (TPSA) is 75.9 Å². The summed E-state index contributed by atoms with van der Waals surface area (Å²) >= 11 is 0. The van der Waals surface area contributed by atoms with Crippen LogP contribution in [0.1, 0.15) is 22.9 Å². The summed E-state index contributed by atoms with van der Waals surface area (Å²) < 4.78 is 12.5. The van der Waals surface area contributed by atoms with Crippen molar-refractivity contribution in [2.75, 3.05) is 0 Å². The molecule has 3 aromatic heterocycles. The monoisotopic (exact) mass is 744 g/mol. The van der Waals surface area contributed by atoms with E-state index in [9.17, 15) is 0 Å². The van der Waals surface area contributed by atoms with Gasteiger partial charge in [-0.25, -0.2) is 15.0 Å². The summed E-state index contributed by atoms with van der Waals surface area (Å²) in [5.74, 6) is 1.39. The van der Waals surface area contributed by atoms with Gasteiger partial charge in [0.2, 0.25) is 5.71 Å². The molecule has 8 aromatic carbocycles. The van der Waals surface area contributed by atoms with E-state index in [-0.39, 0.29) is 6.17 Å². The molecule has 272 valence electrons. The van der Waals surface area contributed by atoms with Crippen LogP contribution in [-0.4, -0.2) is 16.7 Å². The first-order valence-corrected chi connectivity index (χ1v) is 19.5. The molecule has 1 N–H and O–H groups in total. The van der Waals surface area contributed by atoms with Crippen LogP contribution in [0.5, 0.6) is 0 Å². The fraction of sp³-hybridized carbons (Fsp3) is 0.0192. The Morgan fingerprint density at radius 2 is 0.931 bits per heavy atom. The van der Waals surface area contributed by atoms with Gasteiger partial charge in [-0.1, -0.05) is 146 Å². The highest BCUT2D eigenvalue weighted by Gasteiger charge is 2.25. The van der Waals surface area contributed by atoms with E-state index >= 15 is 0 Å². The molecule has 6 heteroatoms. The summed E-state index contributed by atoms with van der Waals surface area (Å²) in [5, 5.41) is 12.5. The smallest absolute Gasteiger partial charge is 0.227 e. The number of fused-ring (bicyclic) bond motifs is 8. The van der Waals surface area contributed by atoms with Gasteiger partial charge in [-0.05, 0) is 79.7 Å². The normalized spacial score (nSPS) is 14.4. The minimum atomic E-state index is -0.359. The van der Waals surface area contributed by atoms with Crippen molar-refractivity contribution in [3.63, 3.8) is 0 Å².